The quantitative estimate of drug-likeness (QED) is 0.720. The van der Waals surface area contributed by atoms with Crippen molar-refractivity contribution in [3.05, 3.63) is 65.7 Å². The molecule has 154 valence electrons. The molecule has 0 bridgehead atoms. The van der Waals surface area contributed by atoms with Crippen LogP contribution >= 0.6 is 0 Å². The molecule has 1 heterocycles. The van der Waals surface area contributed by atoms with Gasteiger partial charge in [0.15, 0.2) is 6.61 Å². The molecular weight excluding hydrogens is 366 g/mol. The number of nitrogens with two attached hydrogens (primary N) is 1. The minimum atomic E-state index is -0.554. The summed E-state index contributed by atoms with van der Waals surface area (Å²) in [7, 11) is 0. The molecule has 1 aliphatic rings. The van der Waals surface area contributed by atoms with E-state index in [0.29, 0.717) is 17.9 Å². The summed E-state index contributed by atoms with van der Waals surface area (Å²) in [6.07, 6.45) is 2.35. The number of hydrogen-bond acceptors (Lipinski definition) is 4. The van der Waals surface area contributed by atoms with Crippen LogP contribution in [-0.2, 0) is 4.79 Å². The number of carbonyl (C=O) groups excluding carboxylic acids is 2. The molecule has 0 saturated carbocycles. The van der Waals surface area contributed by atoms with Crippen LogP contribution in [0, 0.1) is 5.92 Å². The van der Waals surface area contributed by atoms with Gasteiger partial charge in [-0.15, -0.1) is 0 Å². The van der Waals surface area contributed by atoms with Gasteiger partial charge in [-0.1, -0.05) is 43.3 Å². The highest BCUT2D eigenvalue weighted by Crippen LogP contribution is 2.26. The molecule has 2 aromatic carbocycles. The molecule has 0 aromatic heterocycles. The van der Waals surface area contributed by atoms with Crippen molar-refractivity contribution in [2.75, 3.05) is 26.2 Å². The Morgan fingerprint density at radius 1 is 1.14 bits per heavy atom. The van der Waals surface area contributed by atoms with E-state index in [1.165, 1.54) is 18.4 Å². The number of rotatable bonds is 8. The molecular formula is C23H29N3O3. The number of carbonyl (C=O) groups is 2. The van der Waals surface area contributed by atoms with E-state index in [1.807, 2.05) is 18.2 Å². The summed E-state index contributed by atoms with van der Waals surface area (Å²) >= 11 is 0. The van der Waals surface area contributed by atoms with Crippen molar-refractivity contribution < 1.29 is 14.3 Å². The third-order valence-electron chi connectivity index (χ3n) is 5.38. The van der Waals surface area contributed by atoms with Crippen LogP contribution in [0.15, 0.2) is 54.6 Å². The van der Waals surface area contributed by atoms with Gasteiger partial charge in [-0.2, -0.15) is 0 Å². The molecule has 1 atom stereocenters. The van der Waals surface area contributed by atoms with Crippen molar-refractivity contribution >= 4 is 11.8 Å². The lowest BCUT2D eigenvalue weighted by Crippen LogP contribution is -2.42. The lowest BCUT2D eigenvalue weighted by Gasteiger charge is -2.37. The van der Waals surface area contributed by atoms with Gasteiger partial charge in [0.2, 0.25) is 0 Å². The van der Waals surface area contributed by atoms with Gasteiger partial charge in [0.05, 0.1) is 6.04 Å². The van der Waals surface area contributed by atoms with Gasteiger partial charge in [-0.25, -0.2) is 0 Å². The molecule has 29 heavy (non-hydrogen) atoms. The van der Waals surface area contributed by atoms with E-state index in [1.54, 1.807) is 24.3 Å². The van der Waals surface area contributed by atoms with Crippen LogP contribution in [0.2, 0.25) is 0 Å². The lowest BCUT2D eigenvalue weighted by atomic mass is 9.95. The van der Waals surface area contributed by atoms with E-state index in [2.05, 4.69) is 29.3 Å². The first-order chi connectivity index (χ1) is 14.0. The van der Waals surface area contributed by atoms with Crippen molar-refractivity contribution in [3.63, 3.8) is 0 Å². The van der Waals surface area contributed by atoms with Crippen LogP contribution in [0.3, 0.4) is 0 Å². The first-order valence-electron chi connectivity index (χ1n) is 10.1. The zero-order chi connectivity index (χ0) is 20.6. The second-order valence-electron chi connectivity index (χ2n) is 7.64. The molecule has 0 aliphatic carbocycles. The number of piperidine rings is 1. The van der Waals surface area contributed by atoms with Gasteiger partial charge < -0.3 is 15.8 Å². The van der Waals surface area contributed by atoms with Crippen molar-refractivity contribution in [2.24, 2.45) is 11.7 Å². The van der Waals surface area contributed by atoms with Gasteiger partial charge in [-0.05, 0) is 55.6 Å². The highest BCUT2D eigenvalue weighted by atomic mass is 16.5. The van der Waals surface area contributed by atoms with Gasteiger partial charge in [0.25, 0.3) is 11.8 Å². The first kappa shape index (κ1) is 20.9. The number of primary amides is 1. The Balaban J connectivity index is 1.66. The fraction of sp³-hybridized carbons (Fsp3) is 0.391. The zero-order valence-electron chi connectivity index (χ0n) is 16.8. The van der Waals surface area contributed by atoms with Crippen molar-refractivity contribution in [1.29, 1.82) is 0 Å². The predicted octanol–water partition coefficient (Wildman–Crippen LogP) is 2.75. The normalized spacial score (nSPS) is 16.2. The van der Waals surface area contributed by atoms with Crippen LogP contribution in [0.1, 0.15) is 41.7 Å². The average Bonchev–Trinajstić information content (AvgIpc) is 2.74. The van der Waals surface area contributed by atoms with Crippen molar-refractivity contribution in [1.82, 2.24) is 10.2 Å². The third-order valence-corrected chi connectivity index (χ3v) is 5.38. The van der Waals surface area contributed by atoms with Crippen LogP contribution in [-0.4, -0.2) is 43.0 Å². The number of hydrogen-bond donors (Lipinski definition) is 2. The minimum absolute atomic E-state index is 0.141. The number of nitrogens with zero attached hydrogens (tertiary/aromatic N) is 1. The van der Waals surface area contributed by atoms with Gasteiger partial charge >= 0.3 is 0 Å². The summed E-state index contributed by atoms with van der Waals surface area (Å²) in [6.45, 7) is 4.68. The monoisotopic (exact) mass is 395 g/mol. The second-order valence-corrected chi connectivity index (χ2v) is 7.64. The van der Waals surface area contributed by atoms with E-state index >= 15 is 0 Å². The van der Waals surface area contributed by atoms with Crippen LogP contribution in [0.5, 0.6) is 5.75 Å². The maximum Gasteiger partial charge on any atom is 0.255 e. The SMILES string of the molecule is CC1CCN(C(CNC(=O)c2cccc(OCC(N)=O)c2)c2ccccc2)CC1. The Labute approximate surface area is 172 Å². The first-order valence-corrected chi connectivity index (χ1v) is 10.1. The average molecular weight is 396 g/mol. The molecule has 3 rings (SSSR count). The Bertz CT molecular complexity index is 817. The topological polar surface area (TPSA) is 84.7 Å². The molecule has 1 saturated heterocycles. The van der Waals surface area contributed by atoms with E-state index in [9.17, 15) is 9.59 Å². The van der Waals surface area contributed by atoms with E-state index < -0.39 is 5.91 Å². The van der Waals surface area contributed by atoms with Crippen LogP contribution in [0.25, 0.3) is 0 Å². The van der Waals surface area contributed by atoms with Crippen LogP contribution in [0.4, 0.5) is 0 Å². The molecule has 1 aliphatic heterocycles. The van der Waals surface area contributed by atoms with Crippen LogP contribution < -0.4 is 15.8 Å². The summed E-state index contributed by atoms with van der Waals surface area (Å²) in [4.78, 5) is 26.1. The maximum atomic E-state index is 12.7. The molecule has 2 amide bonds. The smallest absolute Gasteiger partial charge is 0.255 e. The minimum Gasteiger partial charge on any atom is -0.484 e. The predicted molar refractivity (Wildman–Crippen MR) is 113 cm³/mol. The fourth-order valence-corrected chi connectivity index (χ4v) is 3.65. The molecule has 1 unspecified atom stereocenters. The van der Waals surface area contributed by atoms with Gasteiger partial charge in [0.1, 0.15) is 5.75 Å². The Kier molecular flexibility index (Phi) is 7.25. The highest BCUT2D eigenvalue weighted by molar-refractivity contribution is 5.94. The molecule has 0 spiro atoms. The number of amides is 2. The maximum absolute atomic E-state index is 12.7. The summed E-state index contributed by atoms with van der Waals surface area (Å²) in [5.41, 5.74) is 6.81. The summed E-state index contributed by atoms with van der Waals surface area (Å²) in [5, 5.41) is 3.07. The molecule has 6 heteroatoms. The molecule has 0 radical (unpaired) electrons. The standard InChI is InChI=1S/C23H29N3O3/c1-17-10-12-26(13-11-17)21(18-6-3-2-4-7-18)15-25-23(28)19-8-5-9-20(14-19)29-16-22(24)27/h2-9,14,17,21H,10-13,15-16H2,1H3,(H2,24,27)(H,25,28). The van der Waals surface area contributed by atoms with Crippen molar-refractivity contribution in [3.8, 4) is 5.75 Å². The molecule has 3 N–H and O–H groups in total. The van der Waals surface area contributed by atoms with Gasteiger partial charge in [0, 0.05) is 12.1 Å². The zero-order valence-corrected chi connectivity index (χ0v) is 16.8. The Morgan fingerprint density at radius 3 is 2.55 bits per heavy atom. The molecule has 1 fully saturated rings. The van der Waals surface area contributed by atoms with E-state index in [0.717, 1.165) is 19.0 Å². The fourth-order valence-electron chi connectivity index (χ4n) is 3.65. The number of benzene rings is 2. The summed E-state index contributed by atoms with van der Waals surface area (Å²) in [6, 6.07) is 17.2. The Hall–Kier alpha value is -2.86. The second kappa shape index (κ2) is 10.1. The van der Waals surface area contributed by atoms with Gasteiger partial charge in [-0.3, -0.25) is 14.5 Å². The van der Waals surface area contributed by atoms with Crippen molar-refractivity contribution in [2.45, 2.75) is 25.8 Å². The van der Waals surface area contributed by atoms with E-state index in [4.69, 9.17) is 10.5 Å². The van der Waals surface area contributed by atoms with E-state index in [-0.39, 0.29) is 18.6 Å². The molecule has 6 nitrogen and oxygen atoms in total. The largest absolute Gasteiger partial charge is 0.484 e. The molecule has 2 aromatic rings. The number of likely N-dealkylation sites (tertiary alicyclic amines) is 1. The summed E-state index contributed by atoms with van der Waals surface area (Å²) in [5.74, 6) is 0.476. The Morgan fingerprint density at radius 2 is 1.86 bits per heavy atom. The highest BCUT2D eigenvalue weighted by Gasteiger charge is 2.25. The summed E-state index contributed by atoms with van der Waals surface area (Å²) < 4.78 is 5.30. The number of nitrogens with one attached hydrogen (secondary N) is 1. The lowest BCUT2D eigenvalue weighted by molar-refractivity contribution is -0.119. The third kappa shape index (κ3) is 6.06. The number of ether oxygens (including phenoxy) is 1.